The number of hydrogen-bond donors (Lipinski definition) is 1. The van der Waals surface area contributed by atoms with Gasteiger partial charge in [-0.25, -0.2) is 10.2 Å². The summed E-state index contributed by atoms with van der Waals surface area (Å²) in [6.07, 6.45) is 3.03. The summed E-state index contributed by atoms with van der Waals surface area (Å²) in [5, 5.41) is 4.51. The largest absolute Gasteiger partial charge is 0.490 e. The number of hydrogen-bond acceptors (Lipinski definition) is 5. The third-order valence-corrected chi connectivity index (χ3v) is 4.85. The average Bonchev–Trinajstić information content (AvgIpc) is 2.80. The van der Waals surface area contributed by atoms with Gasteiger partial charge in [0.25, 0.3) is 5.91 Å². The van der Waals surface area contributed by atoms with E-state index in [9.17, 15) is 9.59 Å². The van der Waals surface area contributed by atoms with Crippen molar-refractivity contribution >= 4 is 45.6 Å². The van der Waals surface area contributed by atoms with Gasteiger partial charge in [-0.3, -0.25) is 4.79 Å². The van der Waals surface area contributed by atoms with Crippen LogP contribution in [0.4, 0.5) is 0 Å². The summed E-state index contributed by atoms with van der Waals surface area (Å²) in [6, 6.07) is 18.1. The predicted molar refractivity (Wildman–Crippen MR) is 128 cm³/mol. The highest BCUT2D eigenvalue weighted by Crippen LogP contribution is 2.23. The molecule has 0 radical (unpaired) electrons. The fraction of sp³-hybridized carbons (Fsp3) is 0.0417. The number of nitrogens with zero attached hydrogens (tertiary/aromatic N) is 1. The Hall–Kier alpha value is -3.42. The molecule has 1 N–H and O–H groups in total. The van der Waals surface area contributed by atoms with E-state index in [1.807, 2.05) is 0 Å². The van der Waals surface area contributed by atoms with Gasteiger partial charge in [0.05, 0.1) is 11.8 Å². The zero-order valence-corrected chi connectivity index (χ0v) is 19.1. The first kappa shape index (κ1) is 23.2. The van der Waals surface area contributed by atoms with E-state index in [-0.39, 0.29) is 5.75 Å². The van der Waals surface area contributed by atoms with Crippen molar-refractivity contribution in [1.82, 2.24) is 5.43 Å². The first-order valence-corrected chi connectivity index (χ1v) is 10.6. The highest BCUT2D eigenvalue weighted by molar-refractivity contribution is 9.10. The third kappa shape index (κ3) is 6.54. The van der Waals surface area contributed by atoms with E-state index in [0.29, 0.717) is 34.1 Å². The molecule has 0 saturated heterocycles. The van der Waals surface area contributed by atoms with E-state index in [0.717, 1.165) is 4.47 Å². The van der Waals surface area contributed by atoms with Gasteiger partial charge in [0.15, 0.2) is 0 Å². The van der Waals surface area contributed by atoms with Gasteiger partial charge in [0, 0.05) is 20.6 Å². The molecule has 32 heavy (non-hydrogen) atoms. The van der Waals surface area contributed by atoms with Crippen LogP contribution in [0.15, 0.2) is 89.0 Å². The van der Waals surface area contributed by atoms with Crippen LogP contribution < -0.4 is 14.9 Å². The van der Waals surface area contributed by atoms with Crippen LogP contribution >= 0.6 is 27.5 Å². The van der Waals surface area contributed by atoms with E-state index in [1.54, 1.807) is 72.8 Å². The smallest absolute Gasteiger partial charge is 0.343 e. The summed E-state index contributed by atoms with van der Waals surface area (Å²) >= 11 is 9.23. The number of amides is 1. The second kappa shape index (κ2) is 11.3. The minimum absolute atomic E-state index is 0.287. The van der Waals surface area contributed by atoms with Crippen LogP contribution in [0.2, 0.25) is 5.02 Å². The van der Waals surface area contributed by atoms with Crippen LogP contribution in [-0.4, -0.2) is 24.7 Å². The molecule has 3 aromatic rings. The fourth-order valence-corrected chi connectivity index (χ4v) is 3.05. The highest BCUT2D eigenvalue weighted by Gasteiger charge is 2.12. The molecular formula is C24H18BrClN2O4. The van der Waals surface area contributed by atoms with Crippen molar-refractivity contribution in [2.45, 2.75) is 0 Å². The Kier molecular flexibility index (Phi) is 8.19. The number of rotatable bonds is 8. The summed E-state index contributed by atoms with van der Waals surface area (Å²) in [7, 11) is 0. The van der Waals surface area contributed by atoms with Gasteiger partial charge < -0.3 is 9.47 Å². The van der Waals surface area contributed by atoms with Gasteiger partial charge in [-0.05, 0) is 66.7 Å². The molecule has 0 saturated carbocycles. The topological polar surface area (TPSA) is 77.0 Å². The maximum Gasteiger partial charge on any atom is 0.343 e. The minimum atomic E-state index is -0.540. The standard InChI is InChI=1S/C24H18BrClN2O4/c1-2-13-31-21-10-5-16(6-11-21)23(29)28-27-15-18-14-19(25)7-12-22(18)32-24(30)17-3-8-20(26)9-4-17/h2-12,14-15H,1,13H2,(H,28,29)/b27-15+. The second-order valence-electron chi connectivity index (χ2n) is 6.40. The Bertz CT molecular complexity index is 1150. The lowest BCUT2D eigenvalue weighted by molar-refractivity contribution is 0.0734. The van der Waals surface area contributed by atoms with Crippen molar-refractivity contribution in [1.29, 1.82) is 0 Å². The number of carbonyl (C=O) groups excluding carboxylic acids is 2. The molecular weight excluding hydrogens is 496 g/mol. The molecule has 0 aliphatic heterocycles. The summed E-state index contributed by atoms with van der Waals surface area (Å²) in [4.78, 5) is 24.7. The monoisotopic (exact) mass is 512 g/mol. The van der Waals surface area contributed by atoms with E-state index in [4.69, 9.17) is 21.1 Å². The molecule has 8 heteroatoms. The predicted octanol–water partition coefficient (Wildman–Crippen LogP) is 5.65. The zero-order chi connectivity index (χ0) is 22.9. The maximum absolute atomic E-state index is 12.4. The van der Waals surface area contributed by atoms with E-state index < -0.39 is 11.9 Å². The molecule has 0 fully saturated rings. The normalized spacial score (nSPS) is 10.6. The molecule has 0 spiro atoms. The molecule has 0 aliphatic rings. The second-order valence-corrected chi connectivity index (χ2v) is 7.75. The molecule has 162 valence electrons. The Morgan fingerprint density at radius 1 is 1.03 bits per heavy atom. The molecule has 1 amide bonds. The lowest BCUT2D eigenvalue weighted by atomic mass is 10.2. The maximum atomic E-state index is 12.4. The van der Waals surface area contributed by atoms with Gasteiger partial charge in [-0.15, -0.1) is 0 Å². The molecule has 0 aliphatic carbocycles. The molecule has 0 bridgehead atoms. The molecule has 6 nitrogen and oxygen atoms in total. The van der Waals surface area contributed by atoms with Crippen molar-refractivity contribution in [2.24, 2.45) is 5.10 Å². The molecule has 0 aromatic heterocycles. The molecule has 0 atom stereocenters. The van der Waals surface area contributed by atoms with Crippen molar-refractivity contribution < 1.29 is 19.1 Å². The Balaban J connectivity index is 1.67. The Morgan fingerprint density at radius 2 is 1.72 bits per heavy atom. The lowest BCUT2D eigenvalue weighted by Gasteiger charge is -2.08. The lowest BCUT2D eigenvalue weighted by Crippen LogP contribution is -2.17. The number of benzene rings is 3. The van der Waals surface area contributed by atoms with Gasteiger partial charge in [0.1, 0.15) is 18.1 Å². The molecule has 0 heterocycles. The van der Waals surface area contributed by atoms with Gasteiger partial charge >= 0.3 is 5.97 Å². The van der Waals surface area contributed by atoms with E-state index >= 15 is 0 Å². The average molecular weight is 514 g/mol. The number of ether oxygens (including phenoxy) is 2. The Labute approximate surface area is 198 Å². The van der Waals surface area contributed by atoms with Crippen molar-refractivity contribution in [2.75, 3.05) is 6.61 Å². The van der Waals surface area contributed by atoms with Crippen LogP contribution in [0.25, 0.3) is 0 Å². The van der Waals surface area contributed by atoms with E-state index in [2.05, 4.69) is 33.0 Å². The number of esters is 1. The van der Waals surface area contributed by atoms with Gasteiger partial charge in [-0.1, -0.05) is 40.2 Å². The molecule has 3 aromatic carbocycles. The van der Waals surface area contributed by atoms with Crippen LogP contribution in [0.5, 0.6) is 11.5 Å². The van der Waals surface area contributed by atoms with Gasteiger partial charge in [0.2, 0.25) is 0 Å². The molecule has 3 rings (SSSR count). The Morgan fingerprint density at radius 3 is 2.41 bits per heavy atom. The van der Waals surface area contributed by atoms with Crippen LogP contribution in [0.1, 0.15) is 26.3 Å². The summed E-state index contributed by atoms with van der Waals surface area (Å²) in [5.74, 6) is -0.0197. The fourth-order valence-electron chi connectivity index (χ4n) is 2.54. The molecule has 0 unspecified atom stereocenters. The van der Waals surface area contributed by atoms with Crippen molar-refractivity contribution in [3.8, 4) is 11.5 Å². The number of hydrazone groups is 1. The number of nitrogens with one attached hydrogen (secondary N) is 1. The quantitative estimate of drug-likeness (QED) is 0.139. The first-order valence-electron chi connectivity index (χ1n) is 9.41. The third-order valence-electron chi connectivity index (χ3n) is 4.11. The zero-order valence-electron chi connectivity index (χ0n) is 16.8. The van der Waals surface area contributed by atoms with Crippen LogP contribution in [0.3, 0.4) is 0 Å². The number of halogens is 2. The van der Waals surface area contributed by atoms with Crippen molar-refractivity contribution in [3.63, 3.8) is 0 Å². The van der Waals surface area contributed by atoms with Crippen LogP contribution in [0, 0.1) is 0 Å². The summed E-state index contributed by atoms with van der Waals surface area (Å²) in [5.41, 5.74) is 3.72. The van der Waals surface area contributed by atoms with Crippen LogP contribution in [-0.2, 0) is 0 Å². The minimum Gasteiger partial charge on any atom is -0.490 e. The summed E-state index contributed by atoms with van der Waals surface area (Å²) < 4.78 is 11.6. The van der Waals surface area contributed by atoms with Gasteiger partial charge in [-0.2, -0.15) is 5.10 Å². The van der Waals surface area contributed by atoms with Crippen molar-refractivity contribution in [3.05, 3.63) is 106 Å². The summed E-state index contributed by atoms with van der Waals surface area (Å²) in [6.45, 7) is 3.97. The SMILES string of the molecule is C=CCOc1ccc(C(=O)N/N=C/c2cc(Br)ccc2OC(=O)c2ccc(Cl)cc2)cc1. The first-order chi connectivity index (χ1) is 15.5. The number of carbonyl (C=O) groups is 2. The highest BCUT2D eigenvalue weighted by atomic mass is 79.9. The van der Waals surface area contributed by atoms with E-state index in [1.165, 1.54) is 6.21 Å².